The van der Waals surface area contributed by atoms with E-state index in [0.29, 0.717) is 24.0 Å². The van der Waals surface area contributed by atoms with E-state index in [-0.39, 0.29) is 18.5 Å². The summed E-state index contributed by atoms with van der Waals surface area (Å²) in [4.78, 5) is 29.2. The summed E-state index contributed by atoms with van der Waals surface area (Å²) in [5.74, 6) is 0.251. The Morgan fingerprint density at radius 1 is 1.43 bits per heavy atom. The van der Waals surface area contributed by atoms with Gasteiger partial charge in [0, 0.05) is 13.5 Å². The van der Waals surface area contributed by atoms with Gasteiger partial charge < -0.3 is 14.4 Å². The molecule has 1 saturated heterocycles. The second kappa shape index (κ2) is 6.23. The van der Waals surface area contributed by atoms with E-state index in [4.69, 9.17) is 9.52 Å². The molecular weight excluding hydrogens is 300 g/mol. The molecule has 0 aliphatic carbocycles. The summed E-state index contributed by atoms with van der Waals surface area (Å²) in [6.07, 6.45) is 4.16. The van der Waals surface area contributed by atoms with E-state index in [1.807, 2.05) is 0 Å². The van der Waals surface area contributed by atoms with Crippen LogP contribution in [0.2, 0.25) is 0 Å². The van der Waals surface area contributed by atoms with Crippen LogP contribution in [0.1, 0.15) is 38.1 Å². The fraction of sp³-hybridized carbons (Fsp3) is 0.467. The lowest BCUT2D eigenvalue weighted by atomic mass is 10.0. The van der Waals surface area contributed by atoms with Crippen molar-refractivity contribution in [3.05, 3.63) is 24.2 Å². The van der Waals surface area contributed by atoms with Crippen molar-refractivity contribution < 1.29 is 19.1 Å². The largest absolute Gasteiger partial charge is 0.480 e. The highest BCUT2D eigenvalue weighted by Gasteiger charge is 2.31. The number of amides is 1. The van der Waals surface area contributed by atoms with E-state index in [1.165, 1.54) is 17.9 Å². The number of hydrogen-bond donors (Lipinski definition) is 1. The van der Waals surface area contributed by atoms with Crippen LogP contribution in [0.25, 0.3) is 11.6 Å². The predicted octanol–water partition coefficient (Wildman–Crippen LogP) is 1.70. The molecule has 1 amide bonds. The van der Waals surface area contributed by atoms with Gasteiger partial charge in [0.2, 0.25) is 11.7 Å². The number of piperidine rings is 1. The number of furan rings is 1. The van der Waals surface area contributed by atoms with Gasteiger partial charge in [-0.05, 0) is 31.4 Å². The third kappa shape index (κ3) is 3.10. The number of carbonyl (C=O) groups is 2. The van der Waals surface area contributed by atoms with Crippen molar-refractivity contribution in [1.82, 2.24) is 19.7 Å². The number of hydrogen-bond acceptors (Lipinski definition) is 5. The van der Waals surface area contributed by atoms with Gasteiger partial charge in [0.05, 0.1) is 12.3 Å². The van der Waals surface area contributed by atoms with Gasteiger partial charge in [-0.3, -0.25) is 9.59 Å². The monoisotopic (exact) mass is 318 g/mol. The molecule has 2 aromatic heterocycles. The van der Waals surface area contributed by atoms with E-state index >= 15 is 0 Å². The number of aromatic nitrogens is 3. The Bertz CT molecular complexity index is 707. The lowest BCUT2D eigenvalue weighted by molar-refractivity contribution is -0.138. The lowest BCUT2D eigenvalue weighted by Gasteiger charge is -2.34. The second-order valence-electron chi connectivity index (χ2n) is 5.55. The fourth-order valence-electron chi connectivity index (χ4n) is 2.93. The van der Waals surface area contributed by atoms with Gasteiger partial charge in [-0.1, -0.05) is 0 Å². The Balaban J connectivity index is 2.01. The summed E-state index contributed by atoms with van der Waals surface area (Å²) in [6.45, 7) is 1.87. The summed E-state index contributed by atoms with van der Waals surface area (Å²) >= 11 is 0. The zero-order valence-corrected chi connectivity index (χ0v) is 12.8. The Morgan fingerprint density at radius 3 is 2.91 bits per heavy atom. The van der Waals surface area contributed by atoms with Crippen LogP contribution in [0.4, 0.5) is 0 Å². The number of carboxylic acid groups (broad SMARTS) is 1. The molecule has 0 bridgehead atoms. The standard InChI is InChI=1S/C15H18N4O4/c1-10(20)18-7-3-2-5-11(18)15-16-14(12-6-4-8-23-12)17-19(15)9-13(21)22/h4,6,8,11H,2-3,5,7,9H2,1H3,(H,21,22)/t11-/m1/s1. The molecule has 0 radical (unpaired) electrons. The molecular formula is C15H18N4O4. The zero-order chi connectivity index (χ0) is 16.4. The van der Waals surface area contributed by atoms with Gasteiger partial charge in [0.1, 0.15) is 6.54 Å². The van der Waals surface area contributed by atoms with Crippen LogP contribution in [0.5, 0.6) is 0 Å². The molecule has 1 N–H and O–H groups in total. The number of carbonyl (C=O) groups excluding carboxylic acids is 1. The second-order valence-corrected chi connectivity index (χ2v) is 5.55. The minimum absolute atomic E-state index is 0.0425. The van der Waals surface area contributed by atoms with Gasteiger partial charge in [0.15, 0.2) is 11.6 Å². The number of aliphatic carboxylic acids is 1. The van der Waals surface area contributed by atoms with Gasteiger partial charge in [-0.2, -0.15) is 0 Å². The maximum absolute atomic E-state index is 11.9. The van der Waals surface area contributed by atoms with Crippen molar-refractivity contribution in [2.24, 2.45) is 0 Å². The van der Waals surface area contributed by atoms with E-state index < -0.39 is 5.97 Å². The molecule has 23 heavy (non-hydrogen) atoms. The van der Waals surface area contributed by atoms with Crippen LogP contribution in [-0.2, 0) is 16.1 Å². The molecule has 0 aromatic carbocycles. The van der Waals surface area contributed by atoms with Gasteiger partial charge in [-0.25, -0.2) is 9.67 Å². The molecule has 3 rings (SSSR count). The topological polar surface area (TPSA) is 101 Å². The van der Waals surface area contributed by atoms with Gasteiger partial charge in [-0.15, -0.1) is 5.10 Å². The molecule has 0 unspecified atom stereocenters. The first-order valence-corrected chi connectivity index (χ1v) is 7.54. The number of carboxylic acids is 1. The quantitative estimate of drug-likeness (QED) is 0.920. The minimum atomic E-state index is -1.01. The number of nitrogens with zero attached hydrogens (tertiary/aromatic N) is 4. The highest BCUT2D eigenvalue weighted by molar-refractivity contribution is 5.74. The van der Waals surface area contributed by atoms with Crippen LogP contribution >= 0.6 is 0 Å². The molecule has 0 spiro atoms. The molecule has 1 aliphatic heterocycles. The average Bonchev–Trinajstić information content (AvgIpc) is 3.15. The van der Waals surface area contributed by atoms with Gasteiger partial charge >= 0.3 is 5.97 Å². The number of rotatable bonds is 4. The molecule has 1 aliphatic rings. The first-order chi connectivity index (χ1) is 11.1. The summed E-state index contributed by atoms with van der Waals surface area (Å²) in [5.41, 5.74) is 0. The molecule has 0 saturated carbocycles. The average molecular weight is 318 g/mol. The first kappa shape index (κ1) is 15.3. The summed E-state index contributed by atoms with van der Waals surface area (Å²) in [5, 5.41) is 13.4. The van der Waals surface area contributed by atoms with Crippen LogP contribution in [0.3, 0.4) is 0 Å². The maximum Gasteiger partial charge on any atom is 0.325 e. The number of likely N-dealkylation sites (tertiary alicyclic amines) is 1. The molecule has 2 aromatic rings. The summed E-state index contributed by atoms with van der Waals surface area (Å²) in [7, 11) is 0. The molecule has 8 heteroatoms. The van der Waals surface area contributed by atoms with E-state index in [0.717, 1.165) is 19.3 Å². The maximum atomic E-state index is 11.9. The highest BCUT2D eigenvalue weighted by Crippen LogP contribution is 2.31. The summed E-state index contributed by atoms with van der Waals surface area (Å²) in [6, 6.07) is 3.18. The van der Waals surface area contributed by atoms with Crippen LogP contribution in [-0.4, -0.2) is 43.2 Å². The molecule has 8 nitrogen and oxygen atoms in total. The van der Waals surface area contributed by atoms with Crippen LogP contribution in [0, 0.1) is 0 Å². The van der Waals surface area contributed by atoms with Crippen molar-refractivity contribution >= 4 is 11.9 Å². The van der Waals surface area contributed by atoms with Crippen molar-refractivity contribution in [2.75, 3.05) is 6.54 Å². The third-order valence-corrected chi connectivity index (χ3v) is 3.93. The van der Waals surface area contributed by atoms with E-state index in [2.05, 4.69) is 10.1 Å². The van der Waals surface area contributed by atoms with E-state index in [1.54, 1.807) is 17.0 Å². The Labute approximate surface area is 132 Å². The zero-order valence-electron chi connectivity index (χ0n) is 12.8. The molecule has 1 atom stereocenters. The lowest BCUT2D eigenvalue weighted by Crippen LogP contribution is -2.38. The van der Waals surface area contributed by atoms with Crippen LogP contribution < -0.4 is 0 Å². The van der Waals surface area contributed by atoms with E-state index in [9.17, 15) is 9.59 Å². The molecule has 122 valence electrons. The van der Waals surface area contributed by atoms with Crippen molar-refractivity contribution in [3.63, 3.8) is 0 Å². The Morgan fingerprint density at radius 2 is 2.26 bits per heavy atom. The highest BCUT2D eigenvalue weighted by atomic mass is 16.4. The van der Waals surface area contributed by atoms with Crippen molar-refractivity contribution in [2.45, 2.75) is 38.8 Å². The summed E-state index contributed by atoms with van der Waals surface area (Å²) < 4.78 is 6.64. The van der Waals surface area contributed by atoms with Gasteiger partial charge in [0.25, 0.3) is 0 Å². The third-order valence-electron chi connectivity index (χ3n) is 3.93. The van der Waals surface area contributed by atoms with Crippen LogP contribution in [0.15, 0.2) is 22.8 Å². The molecule has 3 heterocycles. The Hall–Kier alpha value is -2.64. The smallest absolute Gasteiger partial charge is 0.325 e. The SMILES string of the molecule is CC(=O)N1CCCC[C@@H]1c1nc(-c2ccco2)nn1CC(=O)O. The van der Waals surface area contributed by atoms with Crippen molar-refractivity contribution in [1.29, 1.82) is 0 Å². The predicted molar refractivity (Wildman–Crippen MR) is 79.3 cm³/mol. The Kier molecular flexibility index (Phi) is 4.14. The fourth-order valence-corrected chi connectivity index (χ4v) is 2.93. The normalized spacial score (nSPS) is 18.1. The molecule has 1 fully saturated rings. The minimum Gasteiger partial charge on any atom is -0.480 e. The van der Waals surface area contributed by atoms with Crippen molar-refractivity contribution in [3.8, 4) is 11.6 Å². The first-order valence-electron chi connectivity index (χ1n) is 7.54.